The van der Waals surface area contributed by atoms with Gasteiger partial charge in [-0.25, -0.2) is 18.3 Å². The molecule has 8 nitrogen and oxygen atoms in total. The number of amides is 2. The van der Waals surface area contributed by atoms with Gasteiger partial charge in [-0.1, -0.05) is 11.6 Å². The smallest absolute Gasteiger partial charge is 0.330 e. The summed E-state index contributed by atoms with van der Waals surface area (Å²) in [5, 5.41) is 19.0. The van der Waals surface area contributed by atoms with Crippen molar-refractivity contribution in [2.24, 2.45) is 0 Å². The van der Waals surface area contributed by atoms with Crippen LogP contribution in [0.3, 0.4) is 0 Å². The average Bonchev–Trinajstić information content (AvgIpc) is 3.55. The molecule has 0 aliphatic carbocycles. The van der Waals surface area contributed by atoms with Crippen molar-refractivity contribution in [3.8, 4) is 17.2 Å². The molecule has 2 amide bonds. The molecule has 3 aromatic carbocycles. The molecular formula is C29H14ClF5N6O2S. The van der Waals surface area contributed by atoms with Gasteiger partial charge in [-0.3, -0.25) is 9.59 Å². The zero-order chi connectivity index (χ0) is 31.6. The van der Waals surface area contributed by atoms with Gasteiger partial charge in [-0.2, -0.15) is 23.5 Å². The molecule has 1 aliphatic heterocycles. The van der Waals surface area contributed by atoms with E-state index in [2.05, 4.69) is 33.3 Å². The van der Waals surface area contributed by atoms with Crippen LogP contribution in [0.2, 0.25) is 5.02 Å². The second-order valence-electron chi connectivity index (χ2n) is 9.65. The molecule has 15 heteroatoms. The Morgan fingerprint density at radius 2 is 1.82 bits per heavy atom. The van der Waals surface area contributed by atoms with Crippen LogP contribution in [-0.4, -0.2) is 26.4 Å². The van der Waals surface area contributed by atoms with Crippen LogP contribution >= 0.6 is 24.2 Å². The molecule has 220 valence electrons. The van der Waals surface area contributed by atoms with Crippen molar-refractivity contribution in [2.45, 2.75) is 11.0 Å². The van der Waals surface area contributed by atoms with Gasteiger partial charge in [0, 0.05) is 38.5 Å². The Hall–Kier alpha value is -5.00. The van der Waals surface area contributed by atoms with Crippen LogP contribution in [0.5, 0.6) is 0 Å². The van der Waals surface area contributed by atoms with E-state index >= 15 is 0 Å². The first-order valence-corrected chi connectivity index (χ1v) is 13.2. The molecule has 44 heavy (non-hydrogen) atoms. The van der Waals surface area contributed by atoms with E-state index in [9.17, 15) is 36.8 Å². The number of alkyl halides is 3. The molecule has 0 saturated heterocycles. The number of nitrogens with one attached hydrogen (secondary N) is 2. The van der Waals surface area contributed by atoms with E-state index in [4.69, 9.17) is 11.6 Å². The highest BCUT2D eigenvalue weighted by molar-refractivity contribution is 7.81. The average molecular weight is 641 g/mol. The van der Waals surface area contributed by atoms with E-state index in [0.717, 1.165) is 12.1 Å². The lowest BCUT2D eigenvalue weighted by atomic mass is 9.91. The molecule has 0 radical (unpaired) electrons. The van der Waals surface area contributed by atoms with E-state index in [1.54, 1.807) is 6.07 Å². The molecule has 1 atom stereocenters. The fourth-order valence-corrected chi connectivity index (χ4v) is 5.90. The zero-order valence-corrected chi connectivity index (χ0v) is 23.3. The molecule has 0 bridgehead atoms. The summed E-state index contributed by atoms with van der Waals surface area (Å²) in [5.74, 6) is -3.92. The second-order valence-corrected chi connectivity index (χ2v) is 10.7. The maximum Gasteiger partial charge on any atom is 0.416 e. The number of thiol groups is 1. The number of rotatable bonds is 4. The molecule has 2 aromatic heterocycles. The van der Waals surface area contributed by atoms with Gasteiger partial charge in [-0.15, -0.1) is 12.6 Å². The summed E-state index contributed by atoms with van der Waals surface area (Å²) < 4.78 is 70.0. The fourth-order valence-electron chi connectivity index (χ4n) is 5.04. The van der Waals surface area contributed by atoms with Crippen LogP contribution in [0.1, 0.15) is 43.1 Å². The number of halogens is 6. The lowest BCUT2D eigenvalue weighted by molar-refractivity contribution is -0.137. The number of carbonyl (C=O) groups is 2. The van der Waals surface area contributed by atoms with Gasteiger partial charge < -0.3 is 10.6 Å². The molecule has 1 unspecified atom stereocenters. The minimum Gasteiger partial charge on any atom is -0.330 e. The minimum atomic E-state index is -4.95. The van der Waals surface area contributed by atoms with Crippen LogP contribution in [0, 0.1) is 23.0 Å². The van der Waals surface area contributed by atoms with Gasteiger partial charge >= 0.3 is 6.18 Å². The van der Waals surface area contributed by atoms with Crippen molar-refractivity contribution in [3.63, 3.8) is 0 Å². The predicted molar refractivity (Wildman–Crippen MR) is 151 cm³/mol. The lowest BCUT2D eigenvalue weighted by Crippen LogP contribution is -2.36. The molecular weight excluding hydrogens is 627 g/mol. The maximum atomic E-state index is 14.4. The summed E-state index contributed by atoms with van der Waals surface area (Å²) in [6.07, 6.45) is -3.72. The lowest BCUT2D eigenvalue weighted by Gasteiger charge is -2.28. The fraction of sp³-hybridized carbons (Fsp3) is 0.0690. The summed E-state index contributed by atoms with van der Waals surface area (Å²) in [7, 11) is 0. The summed E-state index contributed by atoms with van der Waals surface area (Å²) in [6, 6.07) is 12.5. The van der Waals surface area contributed by atoms with Crippen molar-refractivity contribution in [3.05, 3.63) is 117 Å². The maximum absolute atomic E-state index is 14.4. The Bertz CT molecular complexity index is 2090. The van der Waals surface area contributed by atoms with E-state index in [1.807, 2.05) is 6.07 Å². The first-order valence-electron chi connectivity index (χ1n) is 12.4. The molecule has 0 fully saturated rings. The number of carbonyl (C=O) groups excluding carboxylic acids is 2. The van der Waals surface area contributed by atoms with E-state index in [1.165, 1.54) is 35.1 Å². The van der Waals surface area contributed by atoms with Crippen LogP contribution in [-0.2, 0) is 11.0 Å². The number of fused-ring (bicyclic) bond motifs is 2. The summed E-state index contributed by atoms with van der Waals surface area (Å²) in [6.45, 7) is 0. The minimum absolute atomic E-state index is 0.000692. The highest BCUT2D eigenvalue weighted by Gasteiger charge is 2.46. The number of benzene rings is 3. The summed E-state index contributed by atoms with van der Waals surface area (Å²) >= 11 is 11.0. The summed E-state index contributed by atoms with van der Waals surface area (Å²) in [5.41, 5.74) is -1.53. The molecule has 1 aliphatic rings. The van der Waals surface area contributed by atoms with E-state index in [0.29, 0.717) is 17.8 Å². The third-order valence-electron chi connectivity index (χ3n) is 6.95. The van der Waals surface area contributed by atoms with Crippen LogP contribution in [0.4, 0.5) is 27.6 Å². The van der Waals surface area contributed by atoms with Gasteiger partial charge in [0.2, 0.25) is 0 Å². The SMILES string of the molecule is N#Cc1c(-c2cc(NC(=O)c3cc(F)cc(C(F)(F)F)c3)c3c(c2)C(=O)NC3(S)c2cc(F)ccc2Cl)ccc2ncnn12. The van der Waals surface area contributed by atoms with Crippen molar-refractivity contribution in [1.29, 1.82) is 5.26 Å². The second kappa shape index (κ2) is 10.3. The quantitative estimate of drug-likeness (QED) is 0.157. The van der Waals surface area contributed by atoms with Crippen LogP contribution in [0.25, 0.3) is 16.8 Å². The van der Waals surface area contributed by atoms with Crippen LogP contribution < -0.4 is 10.6 Å². The number of nitrogens with zero attached hydrogens (tertiary/aromatic N) is 4. The Morgan fingerprint density at radius 1 is 1.05 bits per heavy atom. The Morgan fingerprint density at radius 3 is 2.55 bits per heavy atom. The highest BCUT2D eigenvalue weighted by atomic mass is 35.5. The highest BCUT2D eigenvalue weighted by Crippen LogP contribution is 2.48. The number of hydrogen-bond donors (Lipinski definition) is 3. The summed E-state index contributed by atoms with van der Waals surface area (Å²) in [4.78, 5) is 29.0. The molecule has 3 heterocycles. The number of nitriles is 1. The third-order valence-corrected chi connectivity index (χ3v) is 7.86. The van der Waals surface area contributed by atoms with Crippen molar-refractivity contribution in [1.82, 2.24) is 19.9 Å². The van der Waals surface area contributed by atoms with Gasteiger partial charge in [0.1, 0.15) is 28.9 Å². The third kappa shape index (κ3) is 4.80. The number of pyridine rings is 1. The molecule has 6 rings (SSSR count). The van der Waals surface area contributed by atoms with Crippen molar-refractivity contribution >= 4 is 47.4 Å². The van der Waals surface area contributed by atoms with E-state index < -0.39 is 45.6 Å². The standard InChI is InChI=1S/C29H14ClF5N6O2S/c30-21-3-1-16(31)10-20(21)28(44)25-19(27(43)40-28)7-13(18-2-4-24-37-12-38-41(24)23(18)11-36)8-22(25)39-26(42)14-5-15(29(33,34)35)9-17(32)6-14/h1-10,12,44H,(H,39,42)(H,40,43). The van der Waals surface area contributed by atoms with Crippen molar-refractivity contribution in [2.75, 3.05) is 5.32 Å². The monoisotopic (exact) mass is 640 g/mol. The first kappa shape index (κ1) is 29.1. The zero-order valence-electron chi connectivity index (χ0n) is 21.7. The van der Waals surface area contributed by atoms with Crippen LogP contribution in [0.15, 0.2) is 67.0 Å². The number of hydrogen-bond acceptors (Lipinski definition) is 6. The van der Waals surface area contributed by atoms with E-state index in [-0.39, 0.29) is 50.3 Å². The largest absolute Gasteiger partial charge is 0.416 e. The normalized spacial score (nSPS) is 16.0. The number of anilines is 1. The van der Waals surface area contributed by atoms with Gasteiger partial charge in [0.05, 0.1) is 5.56 Å². The molecule has 0 saturated carbocycles. The Labute approximate surface area is 254 Å². The van der Waals surface area contributed by atoms with Crippen molar-refractivity contribution < 1.29 is 31.5 Å². The molecule has 5 aromatic rings. The van der Waals surface area contributed by atoms with Gasteiger partial charge in [0.15, 0.2) is 11.3 Å². The molecule has 0 spiro atoms. The predicted octanol–water partition coefficient (Wildman–Crippen LogP) is 6.34. The molecule has 2 N–H and O–H groups in total. The van der Waals surface area contributed by atoms with Gasteiger partial charge in [0.25, 0.3) is 11.8 Å². The Kier molecular flexibility index (Phi) is 6.82. The topological polar surface area (TPSA) is 112 Å². The van der Waals surface area contributed by atoms with Gasteiger partial charge in [-0.05, 0) is 66.2 Å². The number of aromatic nitrogens is 3. The first-order chi connectivity index (χ1) is 20.8. The Balaban J connectivity index is 1.58.